The highest BCUT2D eigenvalue weighted by Crippen LogP contribution is 2.19. The van der Waals surface area contributed by atoms with Crippen LogP contribution in [0.5, 0.6) is 0 Å². The molecule has 1 aliphatic heterocycles. The van der Waals surface area contributed by atoms with Crippen LogP contribution in [0.2, 0.25) is 5.02 Å². The Morgan fingerprint density at radius 1 is 1.48 bits per heavy atom. The van der Waals surface area contributed by atoms with Gasteiger partial charge in [0, 0.05) is 25.7 Å². The minimum atomic E-state index is -0.977. The summed E-state index contributed by atoms with van der Waals surface area (Å²) in [5.74, 6) is -0.588. The Balaban J connectivity index is 1.74. The maximum atomic E-state index is 13.4. The molecule has 1 aliphatic rings. The van der Waals surface area contributed by atoms with E-state index in [1.807, 2.05) is 0 Å². The Kier molecular flexibility index (Phi) is 6.62. The molecule has 0 unspecified atom stereocenters. The number of hydrogen-bond acceptors (Lipinski definition) is 3. The largest absolute Gasteiger partial charge is 0.387 e. The van der Waals surface area contributed by atoms with Crippen molar-refractivity contribution < 1.29 is 14.3 Å². The van der Waals surface area contributed by atoms with Crippen molar-refractivity contribution in [2.75, 3.05) is 26.2 Å². The summed E-state index contributed by atoms with van der Waals surface area (Å²) in [6, 6.07) is 3.94. The monoisotopic (exact) mass is 343 g/mol. The number of carbonyl (C=O) groups is 1. The van der Waals surface area contributed by atoms with Crippen LogP contribution in [0.4, 0.5) is 9.18 Å². The number of amides is 2. The smallest absolute Gasteiger partial charge is 0.315 e. The Morgan fingerprint density at radius 2 is 2.17 bits per heavy atom. The van der Waals surface area contributed by atoms with Crippen LogP contribution in [0.1, 0.15) is 31.4 Å². The molecule has 0 radical (unpaired) electrons. The predicted molar refractivity (Wildman–Crippen MR) is 88.0 cm³/mol. The molecular formula is C16H23ClFN3O2. The van der Waals surface area contributed by atoms with Crippen LogP contribution in [0.25, 0.3) is 0 Å². The van der Waals surface area contributed by atoms with Crippen LogP contribution in [-0.4, -0.2) is 48.3 Å². The van der Waals surface area contributed by atoms with Gasteiger partial charge in [-0.25, -0.2) is 9.18 Å². The minimum Gasteiger partial charge on any atom is -0.387 e. The third-order valence-electron chi connectivity index (χ3n) is 4.15. The molecule has 1 heterocycles. The number of halogens is 2. The van der Waals surface area contributed by atoms with Gasteiger partial charge in [0.15, 0.2) is 0 Å². The first-order valence-corrected chi connectivity index (χ1v) is 8.27. The van der Waals surface area contributed by atoms with Crippen molar-refractivity contribution in [3.8, 4) is 0 Å². The highest BCUT2D eigenvalue weighted by Gasteiger charge is 2.20. The molecule has 1 atom stereocenters. The summed E-state index contributed by atoms with van der Waals surface area (Å²) < 4.78 is 13.4. The average Bonchev–Trinajstić information content (AvgIpc) is 2.56. The Hall–Kier alpha value is -1.37. The van der Waals surface area contributed by atoms with E-state index in [0.717, 1.165) is 32.5 Å². The van der Waals surface area contributed by atoms with Crippen LogP contribution < -0.4 is 10.6 Å². The van der Waals surface area contributed by atoms with Gasteiger partial charge in [-0.2, -0.15) is 0 Å². The normalized spacial score (nSPS) is 17.7. The van der Waals surface area contributed by atoms with E-state index >= 15 is 0 Å². The van der Waals surface area contributed by atoms with Crippen molar-refractivity contribution in [3.63, 3.8) is 0 Å². The number of aliphatic hydroxyl groups excluding tert-OH is 1. The zero-order valence-corrected chi connectivity index (χ0v) is 13.9. The fraction of sp³-hybridized carbons (Fsp3) is 0.562. The van der Waals surface area contributed by atoms with Gasteiger partial charge < -0.3 is 20.6 Å². The summed E-state index contributed by atoms with van der Waals surface area (Å²) in [6.07, 6.45) is 0.868. The van der Waals surface area contributed by atoms with Gasteiger partial charge >= 0.3 is 6.03 Å². The number of carbonyl (C=O) groups excluding carboxylic acids is 1. The van der Waals surface area contributed by atoms with Crippen LogP contribution in [0.3, 0.4) is 0 Å². The van der Waals surface area contributed by atoms with E-state index in [9.17, 15) is 14.3 Å². The quantitative estimate of drug-likeness (QED) is 0.768. The summed E-state index contributed by atoms with van der Waals surface area (Å²) in [7, 11) is 0. The highest BCUT2D eigenvalue weighted by atomic mass is 35.5. The van der Waals surface area contributed by atoms with Gasteiger partial charge in [-0.15, -0.1) is 0 Å². The number of aliphatic hydroxyl groups is 1. The molecule has 7 heteroatoms. The van der Waals surface area contributed by atoms with Gasteiger partial charge in [0.2, 0.25) is 0 Å². The third kappa shape index (κ3) is 5.34. The molecule has 2 amide bonds. The Morgan fingerprint density at radius 3 is 2.78 bits per heavy atom. The summed E-state index contributed by atoms with van der Waals surface area (Å²) >= 11 is 5.60. The van der Waals surface area contributed by atoms with E-state index in [2.05, 4.69) is 22.5 Å². The van der Waals surface area contributed by atoms with E-state index in [0.29, 0.717) is 5.56 Å². The third-order valence-corrected chi connectivity index (χ3v) is 4.46. The van der Waals surface area contributed by atoms with E-state index in [1.54, 1.807) is 0 Å². The minimum absolute atomic E-state index is 0.00470. The van der Waals surface area contributed by atoms with Crippen molar-refractivity contribution in [1.29, 1.82) is 0 Å². The van der Waals surface area contributed by atoms with Gasteiger partial charge in [-0.05, 0) is 37.1 Å². The molecule has 3 N–H and O–H groups in total. The maximum absolute atomic E-state index is 13.4. The second-order valence-electron chi connectivity index (χ2n) is 5.75. The van der Waals surface area contributed by atoms with Crippen LogP contribution in [0, 0.1) is 5.82 Å². The topological polar surface area (TPSA) is 64.6 Å². The van der Waals surface area contributed by atoms with Gasteiger partial charge in [-0.3, -0.25) is 0 Å². The van der Waals surface area contributed by atoms with Gasteiger partial charge in [0.05, 0.1) is 11.1 Å². The average molecular weight is 344 g/mol. The first kappa shape index (κ1) is 18.0. The molecule has 1 saturated heterocycles. The number of rotatable bonds is 5. The molecular weight excluding hydrogens is 321 g/mol. The summed E-state index contributed by atoms with van der Waals surface area (Å²) in [6.45, 7) is 5.13. The molecule has 0 saturated carbocycles. The van der Waals surface area contributed by atoms with Gasteiger partial charge in [0.25, 0.3) is 0 Å². The molecule has 0 aromatic heterocycles. The lowest BCUT2D eigenvalue weighted by molar-refractivity contribution is 0.169. The first-order valence-electron chi connectivity index (χ1n) is 7.89. The lowest BCUT2D eigenvalue weighted by atomic mass is 10.1. The summed E-state index contributed by atoms with van der Waals surface area (Å²) in [5.41, 5.74) is 0.378. The second kappa shape index (κ2) is 8.47. The van der Waals surface area contributed by atoms with E-state index < -0.39 is 11.9 Å². The van der Waals surface area contributed by atoms with E-state index in [4.69, 9.17) is 11.6 Å². The van der Waals surface area contributed by atoms with Crippen molar-refractivity contribution >= 4 is 17.6 Å². The fourth-order valence-corrected chi connectivity index (χ4v) is 2.77. The molecule has 0 bridgehead atoms. The summed E-state index contributed by atoms with van der Waals surface area (Å²) in [5, 5.41) is 15.5. The first-order chi connectivity index (χ1) is 11.0. The number of nitrogens with zero attached hydrogens (tertiary/aromatic N) is 1. The fourth-order valence-electron chi connectivity index (χ4n) is 2.66. The highest BCUT2D eigenvalue weighted by molar-refractivity contribution is 6.30. The lowest BCUT2D eigenvalue weighted by Crippen LogP contribution is -2.48. The van der Waals surface area contributed by atoms with E-state index in [1.165, 1.54) is 18.2 Å². The van der Waals surface area contributed by atoms with Crippen LogP contribution in [0.15, 0.2) is 18.2 Å². The maximum Gasteiger partial charge on any atom is 0.315 e. The molecule has 2 rings (SSSR count). The Bertz CT molecular complexity index is 536. The number of likely N-dealkylation sites (tertiary alicyclic amines) is 1. The molecule has 0 aliphatic carbocycles. The number of benzene rings is 1. The second-order valence-corrected chi connectivity index (χ2v) is 6.16. The zero-order chi connectivity index (χ0) is 16.8. The molecule has 0 spiro atoms. The molecule has 128 valence electrons. The lowest BCUT2D eigenvalue weighted by Gasteiger charge is -2.31. The van der Waals surface area contributed by atoms with Crippen molar-refractivity contribution in [1.82, 2.24) is 15.5 Å². The number of urea groups is 1. The standard InChI is InChI=1S/C16H23ClFN3O2/c1-2-21-7-5-12(6-8-21)20-16(23)19-10-15(22)11-3-4-13(17)14(18)9-11/h3-4,9,12,15,22H,2,5-8,10H2,1H3,(H2,19,20,23)/t15-/m0/s1. The van der Waals surface area contributed by atoms with E-state index in [-0.39, 0.29) is 23.6 Å². The number of piperidine rings is 1. The predicted octanol–water partition coefficient (Wildman–Crippen LogP) is 2.30. The molecule has 1 aromatic carbocycles. The van der Waals surface area contributed by atoms with Crippen molar-refractivity contribution in [2.45, 2.75) is 31.9 Å². The molecule has 23 heavy (non-hydrogen) atoms. The zero-order valence-electron chi connectivity index (χ0n) is 13.2. The Labute approximate surface area is 140 Å². The number of hydrogen-bond donors (Lipinski definition) is 3. The van der Waals surface area contributed by atoms with Gasteiger partial charge in [0.1, 0.15) is 5.82 Å². The summed E-state index contributed by atoms with van der Waals surface area (Å²) in [4.78, 5) is 14.2. The molecule has 5 nitrogen and oxygen atoms in total. The molecule has 1 aromatic rings. The van der Waals surface area contributed by atoms with Gasteiger partial charge in [-0.1, -0.05) is 24.6 Å². The van der Waals surface area contributed by atoms with Crippen LogP contribution in [-0.2, 0) is 0 Å². The number of nitrogens with one attached hydrogen (secondary N) is 2. The SMILES string of the molecule is CCN1CCC(NC(=O)NC[C@H](O)c2ccc(Cl)c(F)c2)CC1. The van der Waals surface area contributed by atoms with Crippen molar-refractivity contribution in [3.05, 3.63) is 34.6 Å². The molecule has 1 fully saturated rings. The van der Waals surface area contributed by atoms with Crippen molar-refractivity contribution in [2.24, 2.45) is 0 Å². The van der Waals surface area contributed by atoms with Crippen LogP contribution >= 0.6 is 11.6 Å².